The number of rotatable bonds is 1. The molecule has 5 atom stereocenters. The molecule has 0 radical (unpaired) electrons. The van der Waals surface area contributed by atoms with Gasteiger partial charge in [0.1, 0.15) is 0 Å². The largest absolute Gasteiger partial charge is 0.481 e. The topological polar surface area (TPSA) is 37.3 Å². The van der Waals surface area contributed by atoms with E-state index in [-0.39, 0.29) is 0 Å². The van der Waals surface area contributed by atoms with Gasteiger partial charge in [-0.2, -0.15) is 0 Å². The van der Waals surface area contributed by atoms with Gasteiger partial charge in [0.15, 0.2) is 0 Å². The third kappa shape index (κ3) is 1.14. The van der Waals surface area contributed by atoms with Gasteiger partial charge in [-0.05, 0) is 56.3 Å². The Morgan fingerprint density at radius 1 is 1.41 bits per heavy atom. The van der Waals surface area contributed by atoms with Crippen LogP contribution in [0.25, 0.3) is 0 Å². The molecule has 0 aromatic heterocycles. The lowest BCUT2D eigenvalue weighted by Gasteiger charge is -2.65. The molecule has 0 spiro atoms. The summed E-state index contributed by atoms with van der Waals surface area (Å²) >= 11 is 0. The number of hydrogen-bond acceptors (Lipinski definition) is 1. The van der Waals surface area contributed by atoms with Gasteiger partial charge in [0.25, 0.3) is 0 Å². The molecule has 2 nitrogen and oxygen atoms in total. The Balaban J connectivity index is 2.07. The van der Waals surface area contributed by atoms with Gasteiger partial charge in [-0.15, -0.1) is 0 Å². The maximum Gasteiger partial charge on any atom is 0.309 e. The molecule has 4 bridgehead atoms. The second-order valence-electron chi connectivity index (χ2n) is 6.88. The second-order valence-corrected chi connectivity index (χ2v) is 6.88. The van der Waals surface area contributed by atoms with Gasteiger partial charge in [-0.1, -0.05) is 25.0 Å². The van der Waals surface area contributed by atoms with Gasteiger partial charge in [0, 0.05) is 0 Å². The summed E-state index contributed by atoms with van der Waals surface area (Å²) in [6.45, 7) is 6.59. The molecule has 2 saturated carbocycles. The molecule has 0 heterocycles. The zero-order chi connectivity index (χ0) is 12.4. The lowest BCUT2D eigenvalue weighted by molar-refractivity contribution is -0.178. The van der Waals surface area contributed by atoms with Crippen LogP contribution in [-0.4, -0.2) is 11.1 Å². The van der Waals surface area contributed by atoms with E-state index in [2.05, 4.69) is 19.9 Å². The predicted molar refractivity (Wildman–Crippen MR) is 66.5 cm³/mol. The summed E-state index contributed by atoms with van der Waals surface area (Å²) in [7, 11) is 0. The highest BCUT2D eigenvalue weighted by atomic mass is 16.4. The third-order valence-corrected chi connectivity index (χ3v) is 6.17. The Bertz CT molecular complexity index is 411. The number of carbonyl (C=O) groups is 1. The average molecular weight is 234 g/mol. The fraction of sp³-hybridized carbons (Fsp3) is 0.800. The molecular formula is C15H22O2. The first-order valence-electron chi connectivity index (χ1n) is 6.81. The Labute approximate surface area is 103 Å². The van der Waals surface area contributed by atoms with E-state index in [1.165, 1.54) is 12.0 Å². The van der Waals surface area contributed by atoms with Crippen molar-refractivity contribution in [2.45, 2.75) is 46.5 Å². The Morgan fingerprint density at radius 2 is 2.12 bits per heavy atom. The van der Waals surface area contributed by atoms with E-state index in [4.69, 9.17) is 0 Å². The first-order valence-corrected chi connectivity index (χ1v) is 6.81. The van der Waals surface area contributed by atoms with E-state index in [0.717, 1.165) is 19.3 Å². The van der Waals surface area contributed by atoms with Crippen LogP contribution in [0.4, 0.5) is 0 Å². The number of aliphatic carboxylic acids is 1. The molecule has 0 aromatic carbocycles. The zero-order valence-electron chi connectivity index (χ0n) is 11.0. The minimum atomic E-state index is -0.573. The van der Waals surface area contributed by atoms with Gasteiger partial charge in [-0.3, -0.25) is 4.79 Å². The summed E-state index contributed by atoms with van der Waals surface area (Å²) in [4.78, 5) is 11.7. The molecular weight excluding hydrogens is 212 g/mol. The highest BCUT2D eigenvalue weighted by molar-refractivity contribution is 5.75. The Morgan fingerprint density at radius 3 is 2.71 bits per heavy atom. The lowest BCUT2D eigenvalue weighted by Crippen LogP contribution is -2.62. The summed E-state index contributed by atoms with van der Waals surface area (Å²) < 4.78 is 0. The number of hydrogen-bond donors (Lipinski definition) is 1. The molecule has 1 N–H and O–H groups in total. The number of carboxylic acids is 1. The molecule has 0 aromatic rings. The van der Waals surface area contributed by atoms with E-state index < -0.39 is 11.4 Å². The molecule has 4 rings (SSSR count). The van der Waals surface area contributed by atoms with Crippen molar-refractivity contribution in [3.05, 3.63) is 11.6 Å². The standard InChI is InChI=1S/C15H22O2/c1-9-5-6-10-12-11(9)14(10,2)7-4-8-15(12,3)13(16)17/h5,10-12H,4,6-8H2,1-3H3,(H,16,17). The molecule has 2 fully saturated rings. The number of carboxylic acid groups (broad SMARTS) is 1. The molecule has 0 saturated heterocycles. The summed E-state index contributed by atoms with van der Waals surface area (Å²) in [5, 5.41) is 9.62. The van der Waals surface area contributed by atoms with Crippen LogP contribution in [0.2, 0.25) is 0 Å². The molecule has 4 aliphatic carbocycles. The highest BCUT2D eigenvalue weighted by Crippen LogP contribution is 2.72. The maximum atomic E-state index is 11.7. The first-order chi connectivity index (χ1) is 7.91. The van der Waals surface area contributed by atoms with Crippen molar-refractivity contribution in [1.82, 2.24) is 0 Å². The summed E-state index contributed by atoms with van der Waals surface area (Å²) in [6, 6.07) is 0. The van der Waals surface area contributed by atoms with Gasteiger partial charge in [-0.25, -0.2) is 0 Å². The van der Waals surface area contributed by atoms with Crippen LogP contribution in [-0.2, 0) is 4.79 Å². The molecule has 0 amide bonds. The van der Waals surface area contributed by atoms with Crippen molar-refractivity contribution in [2.75, 3.05) is 0 Å². The number of fused-ring (bicyclic) bond motifs is 1. The normalized spacial score (nSPS) is 52.2. The second kappa shape index (κ2) is 3.15. The molecule has 94 valence electrons. The fourth-order valence-electron chi connectivity index (χ4n) is 5.23. The highest BCUT2D eigenvalue weighted by Gasteiger charge is 2.68. The van der Waals surface area contributed by atoms with E-state index in [1.807, 2.05) is 6.92 Å². The van der Waals surface area contributed by atoms with Crippen LogP contribution in [0.1, 0.15) is 46.5 Å². The molecule has 5 unspecified atom stereocenters. The van der Waals surface area contributed by atoms with E-state index in [0.29, 0.717) is 23.2 Å². The quantitative estimate of drug-likeness (QED) is 0.705. The average Bonchev–Trinajstić information content (AvgIpc) is 2.44. The Kier molecular flexibility index (Phi) is 2.10. The zero-order valence-corrected chi connectivity index (χ0v) is 11.0. The van der Waals surface area contributed by atoms with Crippen LogP contribution in [0, 0.1) is 28.6 Å². The summed E-state index contributed by atoms with van der Waals surface area (Å²) in [5.41, 5.74) is 1.37. The molecule has 17 heavy (non-hydrogen) atoms. The van der Waals surface area contributed by atoms with Gasteiger partial charge in [0.05, 0.1) is 5.41 Å². The summed E-state index contributed by atoms with van der Waals surface area (Å²) in [6.07, 6.45) is 6.61. The van der Waals surface area contributed by atoms with E-state index in [9.17, 15) is 9.90 Å². The fourth-order valence-corrected chi connectivity index (χ4v) is 5.23. The molecule has 2 heteroatoms. The van der Waals surface area contributed by atoms with Gasteiger partial charge < -0.3 is 5.11 Å². The lowest BCUT2D eigenvalue weighted by atomic mass is 9.38. The van der Waals surface area contributed by atoms with Crippen molar-refractivity contribution in [2.24, 2.45) is 28.6 Å². The van der Waals surface area contributed by atoms with E-state index in [1.54, 1.807) is 0 Å². The van der Waals surface area contributed by atoms with Crippen molar-refractivity contribution in [3.63, 3.8) is 0 Å². The Hall–Kier alpha value is -0.790. The third-order valence-electron chi connectivity index (χ3n) is 6.17. The smallest absolute Gasteiger partial charge is 0.309 e. The minimum Gasteiger partial charge on any atom is -0.481 e. The van der Waals surface area contributed by atoms with Crippen LogP contribution < -0.4 is 0 Å². The van der Waals surface area contributed by atoms with Crippen LogP contribution in [0.3, 0.4) is 0 Å². The van der Waals surface area contributed by atoms with Crippen molar-refractivity contribution in [3.8, 4) is 0 Å². The van der Waals surface area contributed by atoms with Crippen molar-refractivity contribution in [1.29, 1.82) is 0 Å². The van der Waals surface area contributed by atoms with Crippen molar-refractivity contribution < 1.29 is 9.90 Å². The monoisotopic (exact) mass is 234 g/mol. The van der Waals surface area contributed by atoms with Crippen LogP contribution in [0.15, 0.2) is 11.6 Å². The molecule has 4 aliphatic rings. The van der Waals surface area contributed by atoms with Gasteiger partial charge >= 0.3 is 5.97 Å². The summed E-state index contributed by atoms with van der Waals surface area (Å²) in [5.74, 6) is 0.957. The number of allylic oxidation sites excluding steroid dienone is 2. The van der Waals surface area contributed by atoms with Gasteiger partial charge in [0.2, 0.25) is 0 Å². The SMILES string of the molecule is CC1=CCC2C3C1C2(C)CCCC3(C)C(=O)O. The van der Waals surface area contributed by atoms with Crippen LogP contribution in [0.5, 0.6) is 0 Å². The predicted octanol–water partition coefficient (Wildman–Crippen LogP) is 3.48. The van der Waals surface area contributed by atoms with Crippen molar-refractivity contribution >= 4 is 5.97 Å². The van der Waals surface area contributed by atoms with Crippen LogP contribution >= 0.6 is 0 Å². The maximum absolute atomic E-state index is 11.7. The van der Waals surface area contributed by atoms with E-state index >= 15 is 0 Å². The first kappa shape index (κ1) is 11.3. The molecule has 0 aliphatic heterocycles. The minimum absolute atomic E-state index is 0.387.